The summed E-state index contributed by atoms with van der Waals surface area (Å²) in [6.45, 7) is 2.28. The van der Waals surface area contributed by atoms with Crippen LogP contribution in [0.1, 0.15) is 28.4 Å². The third-order valence-electron chi connectivity index (χ3n) is 4.17. The lowest BCUT2D eigenvalue weighted by molar-refractivity contribution is -0.116. The normalized spacial score (nSPS) is 11.0. The van der Waals surface area contributed by atoms with Crippen LogP contribution in [0.25, 0.3) is 5.57 Å². The lowest BCUT2D eigenvalue weighted by Gasteiger charge is -2.08. The van der Waals surface area contributed by atoms with Crippen molar-refractivity contribution in [3.8, 4) is 0 Å². The highest BCUT2D eigenvalue weighted by Gasteiger charge is 2.06. The van der Waals surface area contributed by atoms with Crippen molar-refractivity contribution in [3.05, 3.63) is 102 Å². The van der Waals surface area contributed by atoms with Gasteiger partial charge < -0.3 is 10.6 Å². The molecule has 0 saturated heterocycles. The van der Waals surface area contributed by atoms with E-state index in [-0.39, 0.29) is 11.8 Å². The summed E-state index contributed by atoms with van der Waals surface area (Å²) in [6, 6.07) is 20.5. The maximum Gasteiger partial charge on any atom is 0.255 e. The van der Waals surface area contributed by atoms with Gasteiger partial charge in [-0.15, -0.1) is 0 Å². The number of rotatable bonds is 6. The summed E-state index contributed by atoms with van der Waals surface area (Å²) in [5, 5.41) is 5.72. The van der Waals surface area contributed by atoms with E-state index < -0.39 is 0 Å². The molecule has 0 spiro atoms. The quantitative estimate of drug-likeness (QED) is 0.642. The van der Waals surface area contributed by atoms with Crippen LogP contribution < -0.4 is 10.6 Å². The van der Waals surface area contributed by atoms with E-state index in [1.807, 2.05) is 61.5 Å². The lowest BCUT2D eigenvalue weighted by atomic mass is 10.1. The standard InChI is InChI=1S/C23H21N3O2/c1-17(19-7-3-2-4-8-19)14-22(27)25-16-18-6-5-9-21(15-18)26-23(28)20-10-12-24-13-11-20/h2-15H,16H2,1H3,(H,25,27)(H,26,28). The maximum absolute atomic E-state index is 12.2. The Hall–Kier alpha value is -3.73. The van der Waals surface area contributed by atoms with E-state index in [2.05, 4.69) is 15.6 Å². The molecule has 2 amide bonds. The summed E-state index contributed by atoms with van der Waals surface area (Å²) < 4.78 is 0. The summed E-state index contributed by atoms with van der Waals surface area (Å²) >= 11 is 0. The van der Waals surface area contributed by atoms with E-state index in [0.29, 0.717) is 17.8 Å². The second-order valence-electron chi connectivity index (χ2n) is 6.30. The van der Waals surface area contributed by atoms with Crippen LogP contribution in [0.4, 0.5) is 5.69 Å². The highest BCUT2D eigenvalue weighted by atomic mass is 16.2. The van der Waals surface area contributed by atoms with Gasteiger partial charge in [0.1, 0.15) is 0 Å². The molecule has 28 heavy (non-hydrogen) atoms. The Bertz CT molecular complexity index is 983. The van der Waals surface area contributed by atoms with Crippen LogP contribution in [0, 0.1) is 0 Å². The topological polar surface area (TPSA) is 71.1 Å². The molecule has 140 valence electrons. The van der Waals surface area contributed by atoms with Crippen LogP contribution in [-0.2, 0) is 11.3 Å². The predicted octanol–water partition coefficient (Wildman–Crippen LogP) is 4.05. The first-order valence-corrected chi connectivity index (χ1v) is 8.94. The van der Waals surface area contributed by atoms with E-state index in [4.69, 9.17) is 0 Å². The smallest absolute Gasteiger partial charge is 0.255 e. The van der Waals surface area contributed by atoms with Crippen molar-refractivity contribution in [2.75, 3.05) is 5.32 Å². The first-order valence-electron chi connectivity index (χ1n) is 8.94. The van der Waals surface area contributed by atoms with Crippen molar-refractivity contribution >= 4 is 23.1 Å². The van der Waals surface area contributed by atoms with E-state index in [9.17, 15) is 9.59 Å². The second kappa shape index (κ2) is 9.28. The number of carbonyl (C=O) groups is 2. The van der Waals surface area contributed by atoms with Gasteiger partial charge in [-0.2, -0.15) is 0 Å². The zero-order chi connectivity index (χ0) is 19.8. The van der Waals surface area contributed by atoms with Gasteiger partial charge >= 0.3 is 0 Å². The van der Waals surface area contributed by atoms with Crippen molar-refractivity contribution in [3.63, 3.8) is 0 Å². The zero-order valence-electron chi connectivity index (χ0n) is 15.6. The number of nitrogens with one attached hydrogen (secondary N) is 2. The third-order valence-corrected chi connectivity index (χ3v) is 4.17. The molecule has 0 atom stereocenters. The average molecular weight is 371 g/mol. The van der Waals surface area contributed by atoms with Crippen LogP contribution >= 0.6 is 0 Å². The highest BCUT2D eigenvalue weighted by molar-refractivity contribution is 6.04. The number of allylic oxidation sites excluding steroid dienone is 1. The fourth-order valence-corrected chi connectivity index (χ4v) is 2.69. The van der Waals surface area contributed by atoms with Crippen molar-refractivity contribution in [2.24, 2.45) is 0 Å². The van der Waals surface area contributed by atoms with Gasteiger partial charge in [-0.3, -0.25) is 14.6 Å². The van der Waals surface area contributed by atoms with Crippen molar-refractivity contribution in [1.82, 2.24) is 10.3 Å². The lowest BCUT2D eigenvalue weighted by Crippen LogP contribution is -2.20. The Morgan fingerprint density at radius 2 is 1.68 bits per heavy atom. The Balaban J connectivity index is 1.59. The monoisotopic (exact) mass is 371 g/mol. The molecule has 0 aliphatic carbocycles. The number of nitrogens with zero attached hydrogens (tertiary/aromatic N) is 1. The Kier molecular flexibility index (Phi) is 6.31. The molecule has 0 unspecified atom stereocenters. The molecule has 3 aromatic rings. The SMILES string of the molecule is CC(=CC(=O)NCc1cccc(NC(=O)c2ccncc2)c1)c1ccccc1. The molecule has 2 aromatic carbocycles. The summed E-state index contributed by atoms with van der Waals surface area (Å²) in [7, 11) is 0. The number of carbonyl (C=O) groups excluding carboxylic acids is 2. The molecule has 0 aliphatic heterocycles. The fraction of sp³-hybridized carbons (Fsp3) is 0.0870. The molecule has 0 saturated carbocycles. The number of pyridine rings is 1. The van der Waals surface area contributed by atoms with Crippen LogP contribution in [0.3, 0.4) is 0 Å². The molecule has 0 aliphatic rings. The van der Waals surface area contributed by atoms with E-state index in [1.165, 1.54) is 0 Å². The van der Waals surface area contributed by atoms with Crippen LogP contribution in [0.5, 0.6) is 0 Å². The summed E-state index contributed by atoms with van der Waals surface area (Å²) in [5.41, 5.74) is 4.02. The summed E-state index contributed by atoms with van der Waals surface area (Å²) in [6.07, 6.45) is 4.74. The molecule has 0 bridgehead atoms. The van der Waals surface area contributed by atoms with Gasteiger partial charge in [-0.1, -0.05) is 42.5 Å². The molecule has 5 heteroatoms. The van der Waals surface area contributed by atoms with Gasteiger partial charge in [-0.25, -0.2) is 0 Å². The molecule has 1 heterocycles. The molecular weight excluding hydrogens is 350 g/mol. The first-order chi connectivity index (χ1) is 13.6. The number of hydrogen-bond acceptors (Lipinski definition) is 3. The average Bonchev–Trinajstić information content (AvgIpc) is 2.74. The van der Waals surface area contributed by atoms with Gasteiger partial charge in [0.2, 0.25) is 5.91 Å². The maximum atomic E-state index is 12.2. The largest absolute Gasteiger partial charge is 0.348 e. The van der Waals surface area contributed by atoms with E-state index in [1.54, 1.807) is 30.6 Å². The van der Waals surface area contributed by atoms with Gasteiger partial charge in [0.05, 0.1) is 0 Å². The van der Waals surface area contributed by atoms with Crippen molar-refractivity contribution in [1.29, 1.82) is 0 Å². The third kappa shape index (κ3) is 5.38. The number of aromatic nitrogens is 1. The Morgan fingerprint density at radius 3 is 2.43 bits per heavy atom. The summed E-state index contributed by atoms with van der Waals surface area (Å²) in [4.78, 5) is 28.3. The molecule has 0 fully saturated rings. The second-order valence-corrected chi connectivity index (χ2v) is 6.30. The fourth-order valence-electron chi connectivity index (χ4n) is 2.69. The molecule has 2 N–H and O–H groups in total. The number of hydrogen-bond donors (Lipinski definition) is 2. The number of amides is 2. The minimum Gasteiger partial charge on any atom is -0.348 e. The van der Waals surface area contributed by atoms with E-state index >= 15 is 0 Å². The first kappa shape index (κ1) is 19.0. The molecule has 1 aromatic heterocycles. The zero-order valence-corrected chi connectivity index (χ0v) is 15.6. The molecule has 5 nitrogen and oxygen atoms in total. The Morgan fingerprint density at radius 1 is 0.929 bits per heavy atom. The minimum atomic E-state index is -0.204. The molecule has 0 radical (unpaired) electrons. The van der Waals surface area contributed by atoms with Crippen LogP contribution in [0.15, 0.2) is 85.2 Å². The van der Waals surface area contributed by atoms with Crippen LogP contribution in [0.2, 0.25) is 0 Å². The molecular formula is C23H21N3O2. The number of benzene rings is 2. The van der Waals surface area contributed by atoms with Crippen molar-refractivity contribution in [2.45, 2.75) is 13.5 Å². The predicted molar refractivity (Wildman–Crippen MR) is 111 cm³/mol. The van der Waals surface area contributed by atoms with Crippen molar-refractivity contribution < 1.29 is 9.59 Å². The summed E-state index contributed by atoms with van der Waals surface area (Å²) in [5.74, 6) is -0.363. The van der Waals surface area contributed by atoms with E-state index in [0.717, 1.165) is 16.7 Å². The van der Waals surface area contributed by atoms with Gasteiger partial charge in [0.25, 0.3) is 5.91 Å². The highest BCUT2D eigenvalue weighted by Crippen LogP contribution is 2.14. The van der Waals surface area contributed by atoms with Gasteiger partial charge in [0.15, 0.2) is 0 Å². The number of anilines is 1. The van der Waals surface area contributed by atoms with Crippen LogP contribution in [-0.4, -0.2) is 16.8 Å². The van der Waals surface area contributed by atoms with Gasteiger partial charge in [-0.05, 0) is 47.9 Å². The minimum absolute atomic E-state index is 0.160. The van der Waals surface area contributed by atoms with Gasteiger partial charge in [0, 0.05) is 36.3 Å². The molecule has 3 rings (SSSR count). The Labute approximate surface area is 164 Å².